The van der Waals surface area contributed by atoms with Crippen LogP contribution in [0.25, 0.3) is 5.69 Å². The van der Waals surface area contributed by atoms with E-state index in [1.165, 1.54) is 4.68 Å². The first kappa shape index (κ1) is 19.6. The fraction of sp³-hybridized carbons (Fsp3) is 0.545. The molecule has 1 amide bonds. The Bertz CT molecular complexity index is 939. The maximum absolute atomic E-state index is 12.6. The van der Waals surface area contributed by atoms with E-state index in [2.05, 4.69) is 5.10 Å². The molecule has 1 saturated heterocycles. The second-order valence-corrected chi connectivity index (χ2v) is 8.28. The lowest BCUT2D eigenvalue weighted by Gasteiger charge is -2.32. The SMILES string of the molecule is Cn1nc(CC2CCN(C(=O)CC3CCCC3=O)CC2)n(-c2ccccc2)c1=O. The molecule has 1 aliphatic heterocycles. The number of hydrogen-bond acceptors (Lipinski definition) is 4. The number of hydrogen-bond donors (Lipinski definition) is 0. The lowest BCUT2D eigenvalue weighted by atomic mass is 9.92. The van der Waals surface area contributed by atoms with Gasteiger partial charge >= 0.3 is 5.69 Å². The number of aromatic nitrogens is 3. The molecule has 1 aromatic heterocycles. The van der Waals surface area contributed by atoms with E-state index >= 15 is 0 Å². The first-order valence-corrected chi connectivity index (χ1v) is 10.5. The molecular formula is C22H28N4O3. The summed E-state index contributed by atoms with van der Waals surface area (Å²) in [7, 11) is 1.68. The largest absolute Gasteiger partial charge is 0.350 e. The topological polar surface area (TPSA) is 77.2 Å². The third-order valence-corrected chi connectivity index (χ3v) is 6.30. The molecule has 0 bridgehead atoms. The van der Waals surface area contributed by atoms with Crippen LogP contribution in [-0.2, 0) is 23.1 Å². The molecular weight excluding hydrogens is 368 g/mol. The molecule has 0 N–H and O–H groups in total. The fourth-order valence-corrected chi connectivity index (χ4v) is 4.57. The number of piperidine rings is 1. The van der Waals surface area contributed by atoms with Crippen molar-refractivity contribution in [3.63, 3.8) is 0 Å². The van der Waals surface area contributed by atoms with Crippen LogP contribution in [0.5, 0.6) is 0 Å². The minimum absolute atomic E-state index is 0.0611. The van der Waals surface area contributed by atoms with Crippen LogP contribution in [-0.4, -0.2) is 44.0 Å². The second kappa shape index (κ2) is 8.35. The Morgan fingerprint density at radius 2 is 1.83 bits per heavy atom. The Kier molecular flexibility index (Phi) is 5.65. The third-order valence-electron chi connectivity index (χ3n) is 6.30. The van der Waals surface area contributed by atoms with E-state index in [1.807, 2.05) is 35.2 Å². The Balaban J connectivity index is 1.38. The summed E-state index contributed by atoms with van der Waals surface area (Å²) in [5.41, 5.74) is 0.689. The normalized spacial score (nSPS) is 20.4. The van der Waals surface area contributed by atoms with E-state index in [4.69, 9.17) is 0 Å². The molecule has 2 aromatic rings. The number of nitrogens with zero attached hydrogens (tertiary/aromatic N) is 4. The van der Waals surface area contributed by atoms with Crippen LogP contribution in [0.15, 0.2) is 35.1 Å². The van der Waals surface area contributed by atoms with Gasteiger partial charge in [-0.05, 0) is 43.7 Å². The van der Waals surface area contributed by atoms with Gasteiger partial charge in [0.25, 0.3) is 0 Å². The Morgan fingerprint density at radius 1 is 1.10 bits per heavy atom. The Morgan fingerprint density at radius 3 is 2.48 bits per heavy atom. The number of para-hydroxylation sites is 1. The van der Waals surface area contributed by atoms with Gasteiger partial charge in [0.2, 0.25) is 5.91 Å². The molecule has 154 valence electrons. The zero-order valence-electron chi connectivity index (χ0n) is 16.9. The number of carbonyl (C=O) groups is 2. The number of aryl methyl sites for hydroxylation is 1. The van der Waals surface area contributed by atoms with Gasteiger partial charge in [-0.1, -0.05) is 18.2 Å². The van der Waals surface area contributed by atoms with Gasteiger partial charge in [0, 0.05) is 45.3 Å². The van der Waals surface area contributed by atoms with Gasteiger partial charge in [-0.3, -0.25) is 9.59 Å². The molecule has 0 radical (unpaired) electrons. The maximum Gasteiger partial charge on any atom is 0.350 e. The van der Waals surface area contributed by atoms with Crippen LogP contribution < -0.4 is 5.69 Å². The van der Waals surface area contributed by atoms with Crippen LogP contribution in [0.2, 0.25) is 0 Å². The molecule has 0 spiro atoms. The quantitative estimate of drug-likeness (QED) is 0.776. The summed E-state index contributed by atoms with van der Waals surface area (Å²) < 4.78 is 3.07. The van der Waals surface area contributed by atoms with E-state index in [1.54, 1.807) is 11.6 Å². The molecule has 1 aromatic carbocycles. The number of carbonyl (C=O) groups excluding carboxylic acids is 2. The molecule has 29 heavy (non-hydrogen) atoms. The van der Waals surface area contributed by atoms with E-state index in [-0.39, 0.29) is 23.3 Å². The number of rotatable bonds is 5. The highest BCUT2D eigenvalue weighted by molar-refractivity contribution is 5.88. The summed E-state index contributed by atoms with van der Waals surface area (Å²) in [5, 5.41) is 4.46. The number of Topliss-reactive ketones (excluding diaryl/α,β-unsaturated/α-hetero) is 1. The molecule has 7 nitrogen and oxygen atoms in total. The number of ketones is 1. The smallest absolute Gasteiger partial charge is 0.343 e. The van der Waals surface area contributed by atoms with E-state index in [9.17, 15) is 14.4 Å². The van der Waals surface area contributed by atoms with Gasteiger partial charge in [-0.2, -0.15) is 5.10 Å². The van der Waals surface area contributed by atoms with Crippen molar-refractivity contribution < 1.29 is 9.59 Å². The van der Waals surface area contributed by atoms with Gasteiger partial charge < -0.3 is 4.90 Å². The van der Waals surface area contributed by atoms with Crippen molar-refractivity contribution in [3.05, 3.63) is 46.6 Å². The van der Waals surface area contributed by atoms with Crippen molar-refractivity contribution in [1.29, 1.82) is 0 Å². The average Bonchev–Trinajstić information content (AvgIpc) is 3.25. The highest BCUT2D eigenvalue weighted by Gasteiger charge is 2.30. The minimum Gasteiger partial charge on any atom is -0.343 e. The van der Waals surface area contributed by atoms with Crippen LogP contribution >= 0.6 is 0 Å². The lowest BCUT2D eigenvalue weighted by Crippen LogP contribution is -2.40. The zero-order chi connectivity index (χ0) is 20.4. The van der Waals surface area contributed by atoms with Gasteiger partial charge in [0.05, 0.1) is 5.69 Å². The van der Waals surface area contributed by atoms with Crippen molar-refractivity contribution in [2.45, 2.75) is 44.9 Å². The van der Waals surface area contributed by atoms with Gasteiger partial charge in [0.1, 0.15) is 11.6 Å². The summed E-state index contributed by atoms with van der Waals surface area (Å²) in [5.74, 6) is 1.46. The van der Waals surface area contributed by atoms with Gasteiger partial charge in [-0.15, -0.1) is 0 Å². The molecule has 1 unspecified atom stereocenters. The number of benzene rings is 1. The standard InChI is InChI=1S/C22H28N4O3/c1-24-22(29)26(18-7-3-2-4-8-18)20(23-24)14-16-10-12-25(13-11-16)21(28)15-17-6-5-9-19(17)27/h2-4,7-8,16-17H,5-6,9-15H2,1H3. The molecule has 2 fully saturated rings. The lowest BCUT2D eigenvalue weighted by molar-refractivity contribution is -0.136. The first-order valence-electron chi connectivity index (χ1n) is 10.5. The second-order valence-electron chi connectivity index (χ2n) is 8.28. The van der Waals surface area contributed by atoms with Crippen molar-refractivity contribution in [3.8, 4) is 5.69 Å². The molecule has 2 aliphatic rings. The van der Waals surface area contributed by atoms with Crippen LogP contribution in [0.3, 0.4) is 0 Å². The van der Waals surface area contributed by atoms with Crippen molar-refractivity contribution in [1.82, 2.24) is 19.2 Å². The average molecular weight is 396 g/mol. The number of amides is 1. The molecule has 7 heteroatoms. The molecule has 4 rings (SSSR count). The summed E-state index contributed by atoms with van der Waals surface area (Å²) in [4.78, 5) is 38.8. The predicted molar refractivity (Wildman–Crippen MR) is 109 cm³/mol. The Labute approximate surface area is 170 Å². The van der Waals surface area contributed by atoms with Gasteiger partial charge in [0.15, 0.2) is 0 Å². The van der Waals surface area contributed by atoms with Crippen LogP contribution in [0.1, 0.15) is 44.3 Å². The van der Waals surface area contributed by atoms with E-state index in [0.29, 0.717) is 38.3 Å². The van der Waals surface area contributed by atoms with Crippen LogP contribution in [0.4, 0.5) is 0 Å². The van der Waals surface area contributed by atoms with Crippen molar-refractivity contribution >= 4 is 11.7 Å². The monoisotopic (exact) mass is 396 g/mol. The van der Waals surface area contributed by atoms with Crippen molar-refractivity contribution in [2.75, 3.05) is 13.1 Å². The molecule has 1 saturated carbocycles. The minimum atomic E-state index is -0.139. The summed E-state index contributed by atoms with van der Waals surface area (Å²) in [6, 6.07) is 9.59. The molecule has 1 aliphatic carbocycles. The first-order chi connectivity index (χ1) is 14.0. The zero-order valence-corrected chi connectivity index (χ0v) is 16.9. The molecule has 1 atom stereocenters. The highest BCUT2D eigenvalue weighted by atomic mass is 16.2. The maximum atomic E-state index is 12.6. The summed E-state index contributed by atoms with van der Waals surface area (Å²) >= 11 is 0. The van der Waals surface area contributed by atoms with Gasteiger partial charge in [-0.25, -0.2) is 14.0 Å². The highest BCUT2D eigenvalue weighted by Crippen LogP contribution is 2.27. The van der Waals surface area contributed by atoms with E-state index in [0.717, 1.165) is 37.2 Å². The predicted octanol–water partition coefficient (Wildman–Crippen LogP) is 2.11. The fourth-order valence-electron chi connectivity index (χ4n) is 4.57. The summed E-state index contributed by atoms with van der Waals surface area (Å²) in [6.45, 7) is 1.43. The Hall–Kier alpha value is -2.70. The van der Waals surface area contributed by atoms with Crippen molar-refractivity contribution in [2.24, 2.45) is 18.9 Å². The van der Waals surface area contributed by atoms with E-state index < -0.39 is 0 Å². The third kappa shape index (κ3) is 4.18. The summed E-state index contributed by atoms with van der Waals surface area (Å²) in [6.07, 6.45) is 5.29. The molecule has 2 heterocycles. The number of likely N-dealkylation sites (tertiary alicyclic amines) is 1. The van der Waals surface area contributed by atoms with Crippen LogP contribution in [0, 0.1) is 11.8 Å².